The van der Waals surface area contributed by atoms with Crippen LogP contribution in [0.1, 0.15) is 22.7 Å². The van der Waals surface area contributed by atoms with Crippen molar-refractivity contribution < 1.29 is 0 Å². The lowest BCUT2D eigenvalue weighted by atomic mass is 9.83. The summed E-state index contributed by atoms with van der Waals surface area (Å²) >= 11 is 0. The third-order valence-corrected chi connectivity index (χ3v) is 2.98. The number of rotatable bonds is 3. The maximum atomic E-state index is 11.9. The topological polar surface area (TPSA) is 109 Å². The summed E-state index contributed by atoms with van der Waals surface area (Å²) in [7, 11) is 0. The van der Waals surface area contributed by atoms with Crippen LogP contribution in [0.5, 0.6) is 0 Å². The Kier molecular flexibility index (Phi) is 3.44. The third-order valence-electron chi connectivity index (χ3n) is 2.98. The standard InChI is InChI=1S/C13H11N5O/c1-8-11(13(19)18-17-8)12(10(5-14)6-15)9-3-2-4-16-7-9/h2-4,7,10,12H,1H3,(H2,17,18,19)/t12-/m0/s1. The van der Waals surface area contributed by atoms with Gasteiger partial charge in [0.2, 0.25) is 0 Å². The van der Waals surface area contributed by atoms with Crippen LogP contribution < -0.4 is 5.56 Å². The minimum Gasteiger partial charge on any atom is -0.302 e. The first-order valence-electron chi connectivity index (χ1n) is 5.65. The molecule has 0 aliphatic heterocycles. The minimum absolute atomic E-state index is 0.318. The number of nitrogens with zero attached hydrogens (tertiary/aromatic N) is 3. The summed E-state index contributed by atoms with van der Waals surface area (Å²) in [6, 6.07) is 7.34. The number of aromatic nitrogens is 3. The Morgan fingerprint density at radius 3 is 2.53 bits per heavy atom. The summed E-state index contributed by atoms with van der Waals surface area (Å²) in [6.45, 7) is 1.72. The maximum absolute atomic E-state index is 11.9. The van der Waals surface area contributed by atoms with Crippen molar-refractivity contribution in [1.29, 1.82) is 10.5 Å². The van der Waals surface area contributed by atoms with E-state index < -0.39 is 11.8 Å². The van der Waals surface area contributed by atoms with Crippen LogP contribution in [0.15, 0.2) is 29.3 Å². The van der Waals surface area contributed by atoms with Crippen LogP contribution in [0.4, 0.5) is 0 Å². The van der Waals surface area contributed by atoms with E-state index in [9.17, 15) is 4.79 Å². The van der Waals surface area contributed by atoms with Gasteiger partial charge in [0.1, 0.15) is 5.92 Å². The smallest absolute Gasteiger partial charge is 0.268 e. The number of H-pyrrole nitrogens is 2. The highest BCUT2D eigenvalue weighted by atomic mass is 16.1. The predicted molar refractivity (Wildman–Crippen MR) is 66.9 cm³/mol. The highest BCUT2D eigenvalue weighted by Gasteiger charge is 2.29. The fourth-order valence-corrected chi connectivity index (χ4v) is 2.09. The zero-order valence-corrected chi connectivity index (χ0v) is 10.2. The summed E-state index contributed by atoms with van der Waals surface area (Å²) < 4.78 is 0. The van der Waals surface area contributed by atoms with E-state index >= 15 is 0 Å². The van der Waals surface area contributed by atoms with Crippen LogP contribution in [-0.4, -0.2) is 15.2 Å². The molecule has 0 fully saturated rings. The van der Waals surface area contributed by atoms with Crippen molar-refractivity contribution in [3.63, 3.8) is 0 Å². The zero-order chi connectivity index (χ0) is 13.8. The van der Waals surface area contributed by atoms with Crippen LogP contribution >= 0.6 is 0 Å². The molecule has 1 atom stereocenters. The van der Waals surface area contributed by atoms with Crippen molar-refractivity contribution in [2.75, 3.05) is 0 Å². The number of hydrogen-bond acceptors (Lipinski definition) is 4. The van der Waals surface area contributed by atoms with Crippen molar-refractivity contribution in [2.45, 2.75) is 12.8 Å². The molecule has 0 saturated carbocycles. The second-order valence-corrected chi connectivity index (χ2v) is 4.12. The fraction of sp³-hybridized carbons (Fsp3) is 0.231. The van der Waals surface area contributed by atoms with Crippen LogP contribution in [0.2, 0.25) is 0 Å². The van der Waals surface area contributed by atoms with Gasteiger partial charge in [-0.05, 0) is 18.6 Å². The van der Waals surface area contributed by atoms with Gasteiger partial charge < -0.3 is 5.10 Å². The van der Waals surface area contributed by atoms with Crippen molar-refractivity contribution in [2.24, 2.45) is 5.92 Å². The Morgan fingerprint density at radius 2 is 2.05 bits per heavy atom. The Bertz CT molecular complexity index is 687. The Labute approximate surface area is 109 Å². The van der Waals surface area contributed by atoms with E-state index in [0.717, 1.165) is 0 Å². The van der Waals surface area contributed by atoms with Crippen molar-refractivity contribution in [3.8, 4) is 12.1 Å². The van der Waals surface area contributed by atoms with Gasteiger partial charge in [-0.25, -0.2) is 0 Å². The van der Waals surface area contributed by atoms with Crippen LogP contribution in [0.25, 0.3) is 0 Å². The normalized spacial score (nSPS) is 11.8. The van der Waals surface area contributed by atoms with Crippen molar-refractivity contribution >= 4 is 0 Å². The first-order chi connectivity index (χ1) is 9.19. The molecule has 0 spiro atoms. The lowest BCUT2D eigenvalue weighted by Gasteiger charge is -2.16. The number of hydrogen-bond donors (Lipinski definition) is 2. The van der Waals surface area contributed by atoms with E-state index in [2.05, 4.69) is 15.2 Å². The van der Waals surface area contributed by atoms with E-state index in [-0.39, 0.29) is 5.56 Å². The molecule has 6 nitrogen and oxygen atoms in total. The molecular weight excluding hydrogens is 242 g/mol. The number of aryl methyl sites for hydroxylation is 1. The first kappa shape index (κ1) is 12.6. The number of nitrogens with one attached hydrogen (secondary N) is 2. The van der Waals surface area contributed by atoms with E-state index in [4.69, 9.17) is 10.5 Å². The average molecular weight is 253 g/mol. The van der Waals surface area contributed by atoms with Gasteiger partial charge in [0.25, 0.3) is 5.56 Å². The molecule has 2 heterocycles. The second-order valence-electron chi connectivity index (χ2n) is 4.12. The molecule has 19 heavy (non-hydrogen) atoms. The molecule has 2 rings (SSSR count). The molecule has 0 bridgehead atoms. The summed E-state index contributed by atoms with van der Waals surface area (Å²) in [5, 5.41) is 23.4. The SMILES string of the molecule is Cc1[nH][nH]c(=O)c1[C@@H](c1cccnc1)C(C#N)C#N. The van der Waals surface area contributed by atoms with E-state index in [0.29, 0.717) is 16.8 Å². The van der Waals surface area contributed by atoms with Gasteiger partial charge in [0.15, 0.2) is 0 Å². The minimum atomic E-state index is -0.945. The fourth-order valence-electron chi connectivity index (χ4n) is 2.09. The molecule has 2 aromatic rings. The van der Waals surface area contributed by atoms with Crippen molar-refractivity contribution in [3.05, 3.63) is 51.7 Å². The zero-order valence-electron chi connectivity index (χ0n) is 10.2. The quantitative estimate of drug-likeness (QED) is 0.856. The third kappa shape index (κ3) is 2.24. The molecule has 0 aromatic carbocycles. The second kappa shape index (κ2) is 5.19. The number of nitriles is 2. The lowest BCUT2D eigenvalue weighted by Crippen LogP contribution is -2.19. The highest BCUT2D eigenvalue weighted by molar-refractivity contribution is 5.36. The van der Waals surface area contributed by atoms with Gasteiger partial charge in [-0.3, -0.25) is 14.9 Å². The molecule has 2 aromatic heterocycles. The van der Waals surface area contributed by atoms with Gasteiger partial charge in [-0.15, -0.1) is 0 Å². The van der Waals surface area contributed by atoms with Crippen LogP contribution in [0.3, 0.4) is 0 Å². The van der Waals surface area contributed by atoms with Crippen LogP contribution in [0, 0.1) is 35.5 Å². The largest absolute Gasteiger partial charge is 0.302 e. The molecule has 6 heteroatoms. The van der Waals surface area contributed by atoms with Gasteiger partial charge in [0, 0.05) is 29.6 Å². The molecular formula is C13H11N5O. The van der Waals surface area contributed by atoms with Gasteiger partial charge in [-0.1, -0.05) is 6.07 Å². The molecule has 0 saturated heterocycles. The summed E-state index contributed by atoms with van der Waals surface area (Å²) in [5.41, 5.74) is 1.38. The summed E-state index contributed by atoms with van der Waals surface area (Å²) in [5.74, 6) is -1.56. The molecule has 94 valence electrons. The van der Waals surface area contributed by atoms with Gasteiger partial charge >= 0.3 is 0 Å². The van der Waals surface area contributed by atoms with Crippen molar-refractivity contribution in [1.82, 2.24) is 15.2 Å². The summed E-state index contributed by atoms with van der Waals surface area (Å²) in [6.07, 6.45) is 3.17. The van der Waals surface area contributed by atoms with E-state index in [1.807, 2.05) is 12.1 Å². The molecule has 0 amide bonds. The van der Waals surface area contributed by atoms with Gasteiger partial charge in [0.05, 0.1) is 12.1 Å². The monoisotopic (exact) mass is 253 g/mol. The molecule has 2 N–H and O–H groups in total. The first-order valence-corrected chi connectivity index (χ1v) is 5.65. The molecule has 0 unspecified atom stereocenters. The molecule has 0 radical (unpaired) electrons. The van der Waals surface area contributed by atoms with Crippen LogP contribution in [-0.2, 0) is 0 Å². The average Bonchev–Trinajstić information content (AvgIpc) is 2.77. The summed E-state index contributed by atoms with van der Waals surface area (Å²) in [4.78, 5) is 15.8. The number of pyridine rings is 1. The van der Waals surface area contributed by atoms with Gasteiger partial charge in [-0.2, -0.15) is 10.5 Å². The lowest BCUT2D eigenvalue weighted by molar-refractivity contribution is 0.697. The molecule has 0 aliphatic rings. The maximum Gasteiger partial charge on any atom is 0.268 e. The Morgan fingerprint density at radius 1 is 1.32 bits per heavy atom. The number of aromatic amines is 2. The Balaban J connectivity index is 2.64. The highest BCUT2D eigenvalue weighted by Crippen LogP contribution is 2.30. The van der Waals surface area contributed by atoms with E-state index in [1.54, 1.807) is 31.5 Å². The molecule has 0 aliphatic carbocycles. The predicted octanol–water partition coefficient (Wildman–Crippen LogP) is 1.20. The van der Waals surface area contributed by atoms with E-state index in [1.165, 1.54) is 0 Å². The Hall–Kier alpha value is -2.86.